The molecule has 0 aliphatic carbocycles. The molecular formula is C21H37NO2. The fraction of sp³-hybridized carbons (Fsp3) is 0.714. The van der Waals surface area contributed by atoms with E-state index < -0.39 is 5.79 Å². The first kappa shape index (κ1) is 21.0. The number of ether oxygens (including phenoxy) is 2. The summed E-state index contributed by atoms with van der Waals surface area (Å²) >= 11 is 0. The molecule has 1 aromatic rings. The molecule has 0 aliphatic rings. The second kappa shape index (κ2) is 12.3. The van der Waals surface area contributed by atoms with Crippen molar-refractivity contribution >= 4 is 5.69 Å². The quantitative estimate of drug-likeness (QED) is 0.268. The molecule has 0 saturated carbocycles. The molecule has 0 heterocycles. The van der Waals surface area contributed by atoms with Crippen molar-refractivity contribution in [3.8, 4) is 0 Å². The number of nitrogen functional groups attached to an aromatic ring is 1. The monoisotopic (exact) mass is 335 g/mol. The first-order valence-corrected chi connectivity index (χ1v) is 9.78. The van der Waals surface area contributed by atoms with Crippen LogP contribution >= 0.6 is 0 Å². The van der Waals surface area contributed by atoms with Crippen molar-refractivity contribution in [2.75, 3.05) is 18.9 Å². The van der Waals surface area contributed by atoms with Crippen LogP contribution in [-0.4, -0.2) is 19.0 Å². The van der Waals surface area contributed by atoms with E-state index in [1.807, 2.05) is 32.0 Å². The maximum atomic E-state index is 6.10. The zero-order chi connectivity index (χ0) is 17.7. The van der Waals surface area contributed by atoms with Crippen LogP contribution in [0.4, 0.5) is 5.69 Å². The van der Waals surface area contributed by atoms with E-state index in [9.17, 15) is 0 Å². The van der Waals surface area contributed by atoms with Crippen molar-refractivity contribution < 1.29 is 9.47 Å². The molecule has 0 fully saturated rings. The normalized spacial score (nSPS) is 11.8. The molecule has 1 aromatic carbocycles. The predicted molar refractivity (Wildman–Crippen MR) is 103 cm³/mol. The van der Waals surface area contributed by atoms with Gasteiger partial charge in [0.1, 0.15) is 0 Å². The van der Waals surface area contributed by atoms with Gasteiger partial charge in [-0.3, -0.25) is 0 Å². The average Bonchev–Trinajstić information content (AvgIpc) is 2.54. The first-order valence-electron chi connectivity index (χ1n) is 9.78. The van der Waals surface area contributed by atoms with Crippen molar-refractivity contribution in [2.24, 2.45) is 0 Å². The van der Waals surface area contributed by atoms with Crippen LogP contribution in [0.25, 0.3) is 0 Å². The number of nitrogens with two attached hydrogens (primary N) is 1. The molecule has 0 saturated heterocycles. The van der Waals surface area contributed by atoms with Gasteiger partial charge < -0.3 is 15.2 Å². The highest BCUT2D eigenvalue weighted by molar-refractivity contribution is 5.40. The van der Waals surface area contributed by atoms with Gasteiger partial charge in [-0.2, -0.15) is 0 Å². The molecule has 0 radical (unpaired) electrons. The van der Waals surface area contributed by atoms with E-state index in [-0.39, 0.29) is 0 Å². The molecular weight excluding hydrogens is 298 g/mol. The standard InChI is InChI=1S/C21H37NO2/c1-4-7-8-9-10-11-12-16-21(23-5-2,24-6-3)18-19-14-13-15-20(22)17-19/h13-15,17H,4-12,16,18,22H2,1-3H3. The Kier molecular flexibility index (Phi) is 10.8. The van der Waals surface area contributed by atoms with E-state index in [4.69, 9.17) is 15.2 Å². The Bertz CT molecular complexity index is 428. The van der Waals surface area contributed by atoms with Gasteiger partial charge in [0.05, 0.1) is 0 Å². The molecule has 3 nitrogen and oxygen atoms in total. The van der Waals surface area contributed by atoms with Gasteiger partial charge >= 0.3 is 0 Å². The van der Waals surface area contributed by atoms with Gasteiger partial charge in [-0.1, -0.05) is 57.6 Å². The van der Waals surface area contributed by atoms with Crippen molar-refractivity contribution in [1.29, 1.82) is 0 Å². The lowest BCUT2D eigenvalue weighted by Gasteiger charge is -2.34. The maximum absolute atomic E-state index is 6.10. The Labute approximate surface area is 148 Å². The topological polar surface area (TPSA) is 44.5 Å². The molecule has 0 unspecified atom stereocenters. The SMILES string of the molecule is CCCCCCCCCC(Cc1cccc(N)c1)(OCC)OCC. The lowest BCUT2D eigenvalue weighted by Crippen LogP contribution is -2.38. The lowest BCUT2D eigenvalue weighted by atomic mass is 9.97. The summed E-state index contributed by atoms with van der Waals surface area (Å²) in [7, 11) is 0. The highest BCUT2D eigenvalue weighted by Crippen LogP contribution is 2.27. The second-order valence-electron chi connectivity index (χ2n) is 6.57. The number of rotatable bonds is 14. The van der Waals surface area contributed by atoms with Crippen LogP contribution in [0.3, 0.4) is 0 Å². The third-order valence-electron chi connectivity index (χ3n) is 4.40. The fourth-order valence-corrected chi connectivity index (χ4v) is 3.27. The van der Waals surface area contributed by atoms with Crippen LogP contribution < -0.4 is 5.73 Å². The minimum absolute atomic E-state index is 0.513. The second-order valence-corrected chi connectivity index (χ2v) is 6.57. The van der Waals surface area contributed by atoms with Gasteiger partial charge in [0.25, 0.3) is 0 Å². The molecule has 0 atom stereocenters. The fourth-order valence-electron chi connectivity index (χ4n) is 3.27. The predicted octanol–water partition coefficient (Wildman–Crippen LogP) is 5.72. The van der Waals surface area contributed by atoms with Crippen LogP contribution in [0.2, 0.25) is 0 Å². The van der Waals surface area contributed by atoms with Crippen molar-refractivity contribution in [3.05, 3.63) is 29.8 Å². The van der Waals surface area contributed by atoms with Gasteiger partial charge in [0.2, 0.25) is 0 Å². The van der Waals surface area contributed by atoms with E-state index in [1.165, 1.54) is 44.1 Å². The highest BCUT2D eigenvalue weighted by atomic mass is 16.7. The Balaban J connectivity index is 2.57. The third-order valence-corrected chi connectivity index (χ3v) is 4.40. The van der Waals surface area contributed by atoms with Gasteiger partial charge in [-0.15, -0.1) is 0 Å². The molecule has 0 bridgehead atoms. The number of benzene rings is 1. The van der Waals surface area contributed by atoms with Crippen molar-refractivity contribution in [1.82, 2.24) is 0 Å². The number of anilines is 1. The minimum atomic E-state index is -0.513. The summed E-state index contributed by atoms with van der Waals surface area (Å²) in [4.78, 5) is 0. The molecule has 0 aromatic heterocycles. The zero-order valence-corrected chi connectivity index (χ0v) is 16.0. The average molecular weight is 336 g/mol. The summed E-state index contributed by atoms with van der Waals surface area (Å²) in [5, 5.41) is 0. The van der Waals surface area contributed by atoms with Crippen LogP contribution in [0.1, 0.15) is 77.7 Å². The molecule has 1 rings (SSSR count). The molecule has 0 aliphatic heterocycles. The largest absolute Gasteiger partial charge is 0.399 e. The Morgan fingerprint density at radius 2 is 1.50 bits per heavy atom. The summed E-state index contributed by atoms with van der Waals surface area (Å²) in [6.45, 7) is 7.67. The highest BCUT2D eigenvalue weighted by Gasteiger charge is 2.31. The summed E-state index contributed by atoms with van der Waals surface area (Å²) < 4.78 is 12.2. The minimum Gasteiger partial charge on any atom is -0.399 e. The van der Waals surface area contributed by atoms with Crippen LogP contribution in [0, 0.1) is 0 Å². The zero-order valence-electron chi connectivity index (χ0n) is 16.0. The smallest absolute Gasteiger partial charge is 0.172 e. The van der Waals surface area contributed by atoms with E-state index in [2.05, 4.69) is 13.0 Å². The molecule has 3 heteroatoms. The van der Waals surface area contributed by atoms with Crippen LogP contribution in [0.15, 0.2) is 24.3 Å². The van der Waals surface area contributed by atoms with E-state index >= 15 is 0 Å². The lowest BCUT2D eigenvalue weighted by molar-refractivity contribution is -0.236. The van der Waals surface area contributed by atoms with Gasteiger partial charge in [0.15, 0.2) is 5.79 Å². The Hall–Kier alpha value is -1.06. The van der Waals surface area contributed by atoms with Crippen LogP contribution in [-0.2, 0) is 15.9 Å². The molecule has 0 amide bonds. The number of hydrogen-bond acceptors (Lipinski definition) is 3. The van der Waals surface area contributed by atoms with E-state index in [1.54, 1.807) is 0 Å². The van der Waals surface area contributed by atoms with E-state index in [0.29, 0.717) is 13.2 Å². The van der Waals surface area contributed by atoms with Gasteiger partial charge in [-0.05, 0) is 38.0 Å². The summed E-state index contributed by atoms with van der Waals surface area (Å²) in [6.07, 6.45) is 10.8. The van der Waals surface area contributed by atoms with Gasteiger partial charge in [-0.25, -0.2) is 0 Å². The summed E-state index contributed by atoms with van der Waals surface area (Å²) in [5.41, 5.74) is 7.90. The Morgan fingerprint density at radius 3 is 2.08 bits per heavy atom. The summed E-state index contributed by atoms with van der Waals surface area (Å²) in [6, 6.07) is 8.05. The molecule has 138 valence electrons. The Morgan fingerprint density at radius 1 is 0.875 bits per heavy atom. The molecule has 0 spiro atoms. The number of unbranched alkanes of at least 4 members (excludes halogenated alkanes) is 6. The van der Waals surface area contributed by atoms with Crippen molar-refractivity contribution in [2.45, 2.75) is 84.3 Å². The van der Waals surface area contributed by atoms with Gasteiger partial charge in [0, 0.05) is 31.7 Å². The molecule has 24 heavy (non-hydrogen) atoms. The summed E-state index contributed by atoms with van der Waals surface area (Å²) in [5.74, 6) is -0.513. The molecule has 2 N–H and O–H groups in total. The van der Waals surface area contributed by atoms with E-state index in [0.717, 1.165) is 24.9 Å². The third kappa shape index (κ3) is 8.16. The first-order chi connectivity index (χ1) is 11.7. The van der Waals surface area contributed by atoms with Crippen LogP contribution in [0.5, 0.6) is 0 Å². The van der Waals surface area contributed by atoms with Crippen molar-refractivity contribution in [3.63, 3.8) is 0 Å². The number of hydrogen-bond donors (Lipinski definition) is 1. The maximum Gasteiger partial charge on any atom is 0.172 e.